The first-order chi connectivity index (χ1) is 15.0. The van der Waals surface area contributed by atoms with E-state index in [4.69, 9.17) is 0 Å². The summed E-state index contributed by atoms with van der Waals surface area (Å²) in [6, 6.07) is 18.2. The molecule has 3 unspecified atom stereocenters. The normalized spacial score (nSPS) is 21.1. The molecule has 5 heteroatoms. The van der Waals surface area contributed by atoms with E-state index in [1.54, 1.807) is 12.1 Å². The number of anilines is 2. The van der Waals surface area contributed by atoms with Crippen LogP contribution in [-0.4, -0.2) is 16.1 Å². The molecule has 156 valence electrons. The Morgan fingerprint density at radius 1 is 1.03 bits per heavy atom. The molecule has 2 aliphatic rings. The van der Waals surface area contributed by atoms with Crippen LogP contribution in [0.25, 0.3) is 0 Å². The fraction of sp³-hybridized carbons (Fsp3) is 0.192. The lowest BCUT2D eigenvalue weighted by atomic mass is 9.76. The zero-order chi connectivity index (χ0) is 21.5. The molecule has 3 atom stereocenters. The predicted octanol–water partition coefficient (Wildman–Crippen LogP) is 5.49. The van der Waals surface area contributed by atoms with E-state index < -0.39 is 0 Å². The molecule has 0 radical (unpaired) electrons. The van der Waals surface area contributed by atoms with Crippen molar-refractivity contribution in [3.63, 3.8) is 0 Å². The van der Waals surface area contributed by atoms with Crippen LogP contribution in [0, 0.1) is 12.8 Å². The Morgan fingerprint density at radius 3 is 2.68 bits per heavy atom. The van der Waals surface area contributed by atoms with Crippen LogP contribution in [0.2, 0.25) is 0 Å². The van der Waals surface area contributed by atoms with Crippen molar-refractivity contribution in [3.05, 3.63) is 95.1 Å². The molecule has 1 aliphatic carbocycles. The van der Waals surface area contributed by atoms with Crippen LogP contribution in [-0.2, 0) is 0 Å². The number of hydrogen-bond donors (Lipinski definition) is 4. The van der Waals surface area contributed by atoms with Gasteiger partial charge in [-0.1, -0.05) is 30.4 Å². The molecule has 31 heavy (non-hydrogen) atoms. The van der Waals surface area contributed by atoms with Gasteiger partial charge in [0.05, 0.1) is 6.04 Å². The van der Waals surface area contributed by atoms with E-state index in [-0.39, 0.29) is 35.3 Å². The maximum absolute atomic E-state index is 12.7. The van der Waals surface area contributed by atoms with Crippen LogP contribution in [0.5, 0.6) is 11.5 Å². The summed E-state index contributed by atoms with van der Waals surface area (Å²) in [4.78, 5) is 12.7. The van der Waals surface area contributed by atoms with Crippen molar-refractivity contribution in [1.82, 2.24) is 0 Å². The maximum atomic E-state index is 12.7. The molecule has 4 N–H and O–H groups in total. The molecule has 0 bridgehead atoms. The third-order valence-corrected chi connectivity index (χ3v) is 6.36. The number of aromatic hydroxyl groups is 2. The number of allylic oxidation sites excluding steroid dienone is 2. The molecular formula is C26H24N2O3. The maximum Gasteiger partial charge on any atom is 0.255 e. The van der Waals surface area contributed by atoms with Crippen molar-refractivity contribution in [1.29, 1.82) is 0 Å². The lowest BCUT2D eigenvalue weighted by Gasteiger charge is -2.38. The van der Waals surface area contributed by atoms with Gasteiger partial charge in [0, 0.05) is 34.5 Å². The molecule has 0 fully saturated rings. The standard InChI is InChI=1S/C26H24N2O3/c1-15-5-2-3-6-18(15)26(31)27-16-9-12-23-22(13-16)19-7-4-8-20(19)25(28-23)21-11-10-17(29)14-24(21)30/h2-7,9-14,19-20,25,28-30H,8H2,1H3,(H,27,31). The highest BCUT2D eigenvalue weighted by atomic mass is 16.3. The number of benzene rings is 3. The van der Waals surface area contributed by atoms with E-state index >= 15 is 0 Å². The highest BCUT2D eigenvalue weighted by Gasteiger charge is 2.39. The number of amides is 1. The Balaban J connectivity index is 1.46. The number of rotatable bonds is 3. The van der Waals surface area contributed by atoms with E-state index in [1.165, 1.54) is 6.07 Å². The Kier molecular flexibility index (Phi) is 4.66. The van der Waals surface area contributed by atoms with Crippen LogP contribution in [0.15, 0.2) is 72.8 Å². The van der Waals surface area contributed by atoms with Crippen molar-refractivity contribution in [2.75, 3.05) is 10.6 Å². The average Bonchev–Trinajstić information content (AvgIpc) is 3.24. The largest absolute Gasteiger partial charge is 0.508 e. The Hall–Kier alpha value is -3.73. The molecule has 1 aliphatic heterocycles. The lowest BCUT2D eigenvalue weighted by Crippen LogP contribution is -2.29. The van der Waals surface area contributed by atoms with Gasteiger partial charge < -0.3 is 20.8 Å². The van der Waals surface area contributed by atoms with Crippen molar-refractivity contribution >= 4 is 17.3 Å². The number of phenols is 2. The number of hydrogen-bond acceptors (Lipinski definition) is 4. The number of phenolic OH excluding ortho intramolecular Hbond substituents is 2. The molecule has 0 aromatic heterocycles. The summed E-state index contributed by atoms with van der Waals surface area (Å²) >= 11 is 0. The zero-order valence-corrected chi connectivity index (χ0v) is 17.2. The van der Waals surface area contributed by atoms with Gasteiger partial charge in [-0.3, -0.25) is 4.79 Å². The molecule has 5 nitrogen and oxygen atoms in total. The number of aryl methyl sites for hydroxylation is 1. The van der Waals surface area contributed by atoms with Gasteiger partial charge in [-0.05, 0) is 66.8 Å². The third-order valence-electron chi connectivity index (χ3n) is 6.36. The topological polar surface area (TPSA) is 81.6 Å². The number of carbonyl (C=O) groups is 1. The summed E-state index contributed by atoms with van der Waals surface area (Å²) in [5.74, 6) is 0.448. The van der Waals surface area contributed by atoms with E-state index in [1.807, 2.05) is 49.4 Å². The monoisotopic (exact) mass is 412 g/mol. The molecule has 0 spiro atoms. The second-order valence-electron chi connectivity index (χ2n) is 8.29. The van der Waals surface area contributed by atoms with E-state index in [9.17, 15) is 15.0 Å². The molecule has 1 amide bonds. The van der Waals surface area contributed by atoms with Gasteiger partial charge in [-0.25, -0.2) is 0 Å². The van der Waals surface area contributed by atoms with Gasteiger partial charge in [-0.15, -0.1) is 0 Å². The van der Waals surface area contributed by atoms with Gasteiger partial charge in [0.25, 0.3) is 5.91 Å². The number of fused-ring (bicyclic) bond motifs is 3. The Bertz CT molecular complexity index is 1200. The van der Waals surface area contributed by atoms with Crippen LogP contribution in [0.3, 0.4) is 0 Å². The van der Waals surface area contributed by atoms with Crippen molar-refractivity contribution in [3.8, 4) is 11.5 Å². The number of nitrogens with one attached hydrogen (secondary N) is 2. The van der Waals surface area contributed by atoms with Gasteiger partial charge in [-0.2, -0.15) is 0 Å². The molecule has 0 saturated heterocycles. The molecule has 3 aromatic rings. The summed E-state index contributed by atoms with van der Waals surface area (Å²) in [7, 11) is 0. The van der Waals surface area contributed by atoms with Crippen molar-refractivity contribution in [2.24, 2.45) is 5.92 Å². The molecule has 3 aromatic carbocycles. The summed E-state index contributed by atoms with van der Waals surface area (Å²) < 4.78 is 0. The SMILES string of the molecule is Cc1ccccc1C(=O)Nc1ccc2c(c1)C1C=CCC1C(c1ccc(O)cc1O)N2. The highest BCUT2D eigenvalue weighted by molar-refractivity contribution is 6.05. The molecule has 5 rings (SSSR count). The fourth-order valence-corrected chi connectivity index (χ4v) is 4.80. The second-order valence-corrected chi connectivity index (χ2v) is 8.29. The third kappa shape index (κ3) is 3.42. The molecular weight excluding hydrogens is 388 g/mol. The zero-order valence-electron chi connectivity index (χ0n) is 17.2. The quantitative estimate of drug-likeness (QED) is 0.429. The minimum atomic E-state index is -0.118. The van der Waals surface area contributed by atoms with E-state index in [0.717, 1.165) is 34.5 Å². The number of carbonyl (C=O) groups excluding carboxylic acids is 1. The average molecular weight is 412 g/mol. The van der Waals surface area contributed by atoms with Gasteiger partial charge in [0.15, 0.2) is 0 Å². The summed E-state index contributed by atoms with van der Waals surface area (Å²) in [6.45, 7) is 1.93. The lowest BCUT2D eigenvalue weighted by molar-refractivity contribution is 0.102. The Morgan fingerprint density at radius 2 is 1.87 bits per heavy atom. The van der Waals surface area contributed by atoms with Crippen LogP contribution >= 0.6 is 0 Å². The Labute approximate surface area is 181 Å². The molecule has 1 heterocycles. The molecule has 0 saturated carbocycles. The smallest absolute Gasteiger partial charge is 0.255 e. The van der Waals surface area contributed by atoms with Crippen LogP contribution in [0.1, 0.15) is 45.4 Å². The highest BCUT2D eigenvalue weighted by Crippen LogP contribution is 2.51. The summed E-state index contributed by atoms with van der Waals surface area (Å²) in [5.41, 5.74) is 5.27. The van der Waals surface area contributed by atoms with E-state index in [2.05, 4.69) is 22.8 Å². The van der Waals surface area contributed by atoms with Gasteiger partial charge >= 0.3 is 0 Å². The fourth-order valence-electron chi connectivity index (χ4n) is 4.80. The first-order valence-electron chi connectivity index (χ1n) is 10.5. The van der Waals surface area contributed by atoms with Gasteiger partial charge in [0.2, 0.25) is 0 Å². The van der Waals surface area contributed by atoms with E-state index in [0.29, 0.717) is 5.56 Å². The van der Waals surface area contributed by atoms with Crippen molar-refractivity contribution < 1.29 is 15.0 Å². The second kappa shape index (κ2) is 7.51. The van der Waals surface area contributed by atoms with Crippen LogP contribution < -0.4 is 10.6 Å². The minimum Gasteiger partial charge on any atom is -0.508 e. The van der Waals surface area contributed by atoms with Gasteiger partial charge in [0.1, 0.15) is 11.5 Å². The predicted molar refractivity (Wildman–Crippen MR) is 122 cm³/mol. The summed E-state index contributed by atoms with van der Waals surface area (Å²) in [6.07, 6.45) is 5.28. The van der Waals surface area contributed by atoms with Crippen molar-refractivity contribution in [2.45, 2.75) is 25.3 Å². The van der Waals surface area contributed by atoms with Crippen LogP contribution in [0.4, 0.5) is 11.4 Å². The first kappa shape index (κ1) is 19.2. The summed E-state index contributed by atoms with van der Waals surface area (Å²) in [5, 5.41) is 26.7. The minimum absolute atomic E-state index is 0.0487. The first-order valence-corrected chi connectivity index (χ1v) is 10.5.